The van der Waals surface area contributed by atoms with Crippen molar-refractivity contribution in [1.82, 2.24) is 14.5 Å². The fourth-order valence-corrected chi connectivity index (χ4v) is 3.95. The molecule has 7 heteroatoms. The summed E-state index contributed by atoms with van der Waals surface area (Å²) in [5.41, 5.74) is 4.80. The Kier molecular flexibility index (Phi) is 4.42. The average molecular weight is 436 g/mol. The quantitative estimate of drug-likeness (QED) is 0.306. The van der Waals surface area contributed by atoms with Crippen molar-refractivity contribution < 1.29 is 10.2 Å². The van der Waals surface area contributed by atoms with Gasteiger partial charge in [0.1, 0.15) is 0 Å². The number of halogens is 2. The summed E-state index contributed by atoms with van der Waals surface area (Å²) in [6.45, 7) is 0. The third-order valence-corrected chi connectivity index (χ3v) is 5.78. The number of nitrogens with one attached hydrogen (secondary N) is 1. The van der Waals surface area contributed by atoms with Crippen LogP contribution in [0.5, 0.6) is 11.6 Å². The zero-order valence-electron chi connectivity index (χ0n) is 15.5. The second-order valence-corrected chi connectivity index (χ2v) is 7.64. The molecule has 0 saturated carbocycles. The van der Waals surface area contributed by atoms with Crippen LogP contribution in [0.1, 0.15) is 0 Å². The molecule has 0 saturated heterocycles. The third-order valence-electron chi connectivity index (χ3n) is 5.04. The minimum absolute atomic E-state index is 0.216. The Morgan fingerprint density at radius 1 is 0.833 bits per heavy atom. The Morgan fingerprint density at radius 3 is 2.40 bits per heavy atom. The van der Waals surface area contributed by atoms with Gasteiger partial charge in [0.25, 0.3) is 0 Å². The molecule has 148 valence electrons. The van der Waals surface area contributed by atoms with Crippen molar-refractivity contribution in [3.63, 3.8) is 0 Å². The first-order valence-electron chi connectivity index (χ1n) is 9.15. The summed E-state index contributed by atoms with van der Waals surface area (Å²) in [4.78, 5) is 7.31. The van der Waals surface area contributed by atoms with Crippen LogP contribution >= 0.6 is 23.2 Å². The molecular formula is C23H15Cl2N3O2. The van der Waals surface area contributed by atoms with Crippen molar-refractivity contribution in [3.05, 3.63) is 83.1 Å². The molecule has 30 heavy (non-hydrogen) atoms. The lowest BCUT2D eigenvalue weighted by molar-refractivity contribution is 0.388. The van der Waals surface area contributed by atoms with Crippen LogP contribution in [0.15, 0.2) is 73.1 Å². The number of H-pyrrole nitrogens is 1. The maximum absolute atomic E-state index is 10.9. The first-order valence-corrected chi connectivity index (χ1v) is 9.91. The largest absolute Gasteiger partial charge is 0.503 e. The summed E-state index contributed by atoms with van der Waals surface area (Å²) in [7, 11) is 0. The highest BCUT2D eigenvalue weighted by Gasteiger charge is 2.26. The van der Waals surface area contributed by atoms with Crippen LogP contribution in [-0.2, 0) is 0 Å². The number of aromatic amines is 1. The lowest BCUT2D eigenvalue weighted by Crippen LogP contribution is -1.97. The van der Waals surface area contributed by atoms with E-state index in [1.807, 2.05) is 48.5 Å². The Bertz CT molecular complexity index is 1390. The SMILES string of the molecule is Oc1c(-c2ccccc2)c(-c2ccc(Cl)c(Cl)c2)n(-c2ccc3nc[nH]c3c2)c1O. The maximum atomic E-state index is 10.9. The monoisotopic (exact) mass is 435 g/mol. The molecule has 5 aromatic rings. The van der Waals surface area contributed by atoms with Gasteiger partial charge in [0.05, 0.1) is 44.4 Å². The fourth-order valence-electron chi connectivity index (χ4n) is 3.66. The molecule has 0 bridgehead atoms. The summed E-state index contributed by atoms with van der Waals surface area (Å²) >= 11 is 12.4. The fraction of sp³-hybridized carbons (Fsp3) is 0. The zero-order valence-corrected chi connectivity index (χ0v) is 17.0. The van der Waals surface area contributed by atoms with Crippen LogP contribution in [0, 0.1) is 0 Å². The van der Waals surface area contributed by atoms with Gasteiger partial charge in [-0.25, -0.2) is 4.98 Å². The van der Waals surface area contributed by atoms with Gasteiger partial charge in [-0.3, -0.25) is 4.57 Å². The highest BCUT2D eigenvalue weighted by molar-refractivity contribution is 6.42. The maximum Gasteiger partial charge on any atom is 0.240 e. The number of benzene rings is 3. The van der Waals surface area contributed by atoms with Crippen molar-refractivity contribution >= 4 is 34.2 Å². The second-order valence-electron chi connectivity index (χ2n) is 6.83. The number of fused-ring (bicyclic) bond motifs is 1. The van der Waals surface area contributed by atoms with Gasteiger partial charge in [0.2, 0.25) is 5.88 Å². The lowest BCUT2D eigenvalue weighted by atomic mass is 10.0. The van der Waals surface area contributed by atoms with Crippen molar-refractivity contribution in [3.8, 4) is 39.7 Å². The van der Waals surface area contributed by atoms with E-state index in [1.54, 1.807) is 29.1 Å². The highest BCUT2D eigenvalue weighted by atomic mass is 35.5. The van der Waals surface area contributed by atoms with Crippen molar-refractivity contribution in [2.75, 3.05) is 0 Å². The minimum atomic E-state index is -0.270. The van der Waals surface area contributed by atoms with Crippen molar-refractivity contribution in [2.24, 2.45) is 0 Å². The summed E-state index contributed by atoms with van der Waals surface area (Å²) in [6, 6.07) is 20.1. The summed E-state index contributed by atoms with van der Waals surface area (Å²) < 4.78 is 1.59. The molecular weight excluding hydrogens is 421 g/mol. The van der Waals surface area contributed by atoms with Crippen LogP contribution in [0.25, 0.3) is 39.1 Å². The Morgan fingerprint density at radius 2 is 1.63 bits per heavy atom. The Labute approximate surface area is 181 Å². The molecule has 3 aromatic carbocycles. The number of rotatable bonds is 3. The van der Waals surface area contributed by atoms with E-state index < -0.39 is 0 Å². The second kappa shape index (κ2) is 7.13. The molecule has 0 atom stereocenters. The van der Waals surface area contributed by atoms with Crippen LogP contribution in [0.4, 0.5) is 0 Å². The summed E-state index contributed by atoms with van der Waals surface area (Å²) in [6.07, 6.45) is 1.61. The molecule has 0 fully saturated rings. The number of aromatic nitrogens is 3. The number of imidazole rings is 1. The van der Waals surface area contributed by atoms with Crippen LogP contribution in [0.3, 0.4) is 0 Å². The van der Waals surface area contributed by atoms with E-state index >= 15 is 0 Å². The Hall–Kier alpha value is -3.41. The molecule has 0 unspecified atom stereocenters. The molecule has 0 aliphatic carbocycles. The number of hydrogen-bond acceptors (Lipinski definition) is 3. The standard InChI is InChI=1S/C23H15Cl2N3O2/c24-16-8-6-14(10-17(16)25)21-20(13-4-2-1-3-5-13)22(29)23(30)28(21)15-7-9-18-19(11-15)27-12-26-18/h1-12,29-30H,(H,26,27). The highest BCUT2D eigenvalue weighted by Crippen LogP contribution is 2.49. The van der Waals surface area contributed by atoms with Crippen molar-refractivity contribution in [1.29, 1.82) is 0 Å². The van der Waals surface area contributed by atoms with Gasteiger partial charge in [-0.2, -0.15) is 0 Å². The summed E-state index contributed by atoms with van der Waals surface area (Å²) in [5.74, 6) is -0.485. The first kappa shape index (κ1) is 18.6. The molecule has 0 aliphatic heterocycles. The molecule has 5 rings (SSSR count). The van der Waals surface area contributed by atoms with E-state index in [4.69, 9.17) is 23.2 Å². The molecule has 5 nitrogen and oxygen atoms in total. The molecule has 0 spiro atoms. The molecule has 0 aliphatic rings. The normalized spacial score (nSPS) is 11.3. The van der Waals surface area contributed by atoms with Gasteiger partial charge in [0, 0.05) is 5.56 Å². The number of nitrogens with zero attached hydrogens (tertiary/aromatic N) is 2. The van der Waals surface area contributed by atoms with E-state index in [0.717, 1.165) is 16.6 Å². The molecule has 2 heterocycles. The molecule has 0 amide bonds. The van der Waals surface area contributed by atoms with Gasteiger partial charge in [-0.15, -0.1) is 0 Å². The molecule has 0 radical (unpaired) electrons. The van der Waals surface area contributed by atoms with E-state index in [1.165, 1.54) is 0 Å². The Balaban J connectivity index is 1.87. The minimum Gasteiger partial charge on any atom is -0.503 e. The van der Waals surface area contributed by atoms with Crippen LogP contribution in [-0.4, -0.2) is 24.7 Å². The van der Waals surface area contributed by atoms with Gasteiger partial charge in [-0.1, -0.05) is 59.6 Å². The summed E-state index contributed by atoms with van der Waals surface area (Å²) in [5, 5.41) is 22.7. The smallest absolute Gasteiger partial charge is 0.240 e. The predicted molar refractivity (Wildman–Crippen MR) is 120 cm³/mol. The van der Waals surface area contributed by atoms with Gasteiger partial charge >= 0.3 is 0 Å². The van der Waals surface area contributed by atoms with Gasteiger partial charge < -0.3 is 15.2 Å². The molecule has 3 N–H and O–H groups in total. The third kappa shape index (κ3) is 2.91. The van der Waals surface area contributed by atoms with Crippen LogP contribution in [0.2, 0.25) is 10.0 Å². The predicted octanol–water partition coefficient (Wildman–Crippen LogP) is 6.41. The lowest BCUT2D eigenvalue weighted by Gasteiger charge is -2.13. The van der Waals surface area contributed by atoms with E-state index in [0.29, 0.717) is 32.6 Å². The number of aromatic hydroxyl groups is 2. The van der Waals surface area contributed by atoms with Crippen molar-refractivity contribution in [2.45, 2.75) is 0 Å². The van der Waals surface area contributed by atoms with Gasteiger partial charge in [-0.05, 0) is 35.9 Å². The van der Waals surface area contributed by atoms with E-state index in [-0.39, 0.29) is 11.6 Å². The van der Waals surface area contributed by atoms with E-state index in [9.17, 15) is 10.2 Å². The average Bonchev–Trinajstić information content (AvgIpc) is 3.33. The molecule has 2 aromatic heterocycles. The number of hydrogen-bond donors (Lipinski definition) is 3. The first-order chi connectivity index (χ1) is 14.5. The van der Waals surface area contributed by atoms with Gasteiger partial charge in [0.15, 0.2) is 5.75 Å². The van der Waals surface area contributed by atoms with E-state index in [2.05, 4.69) is 9.97 Å². The zero-order chi connectivity index (χ0) is 20.8. The topological polar surface area (TPSA) is 74.1 Å². The van der Waals surface area contributed by atoms with Crippen LogP contribution < -0.4 is 0 Å².